The smallest absolute Gasteiger partial charge is 0.326 e. The summed E-state index contributed by atoms with van der Waals surface area (Å²) >= 11 is 0. The molecule has 20 N–H and O–H groups in total. The summed E-state index contributed by atoms with van der Waals surface area (Å²) in [5.74, 6) is -17.0. The van der Waals surface area contributed by atoms with Crippen LogP contribution < -0.4 is 64.2 Å². The molecule has 0 bridgehead atoms. The minimum Gasteiger partial charge on any atom is -0.481 e. The lowest BCUT2D eigenvalue weighted by Gasteiger charge is -2.32. The van der Waals surface area contributed by atoms with Gasteiger partial charge in [-0.25, -0.2) is 4.79 Å². The average Bonchev–Trinajstić information content (AvgIpc) is 2.18. The van der Waals surface area contributed by atoms with Gasteiger partial charge in [0.2, 0.25) is 70.9 Å². The second kappa shape index (κ2) is 38.1. The van der Waals surface area contributed by atoms with E-state index in [1.165, 1.54) is 6.92 Å². The Kier molecular flexibility index (Phi) is 33.2. The first-order valence-corrected chi connectivity index (χ1v) is 30.1. The molecule has 0 aromatic carbocycles. The number of aliphatic hydroxyl groups excluding tert-OH is 5. The van der Waals surface area contributed by atoms with Crippen LogP contribution >= 0.6 is 0 Å². The van der Waals surface area contributed by atoms with Crippen LogP contribution in [0.5, 0.6) is 0 Å². The van der Waals surface area contributed by atoms with Gasteiger partial charge in [-0.15, -0.1) is 0 Å². The number of carbonyl (C=O) groups is 14. The van der Waals surface area contributed by atoms with Gasteiger partial charge in [0.1, 0.15) is 72.5 Å². The SMILES string of the molecule is CC(C)CC(NC(=O)[C@@H](NC(=O)[C@@H](NC(=O)[C@H](CC(C)C)NC(=O)[C@@H]1CCCN1C(=O)[C@@H](NC(=O)[C@@H]1CCC(=O)N[C@@H]([C@@H](C)O)C(=O)N[C@@H](CO)C(=O)N[C@@H](CCC(=O)O)C(=O)N[C@@H](CCCCN)C(=O)N[C@@H](CO)C(=O)N1)[C@@H](C)O)C(C)C)[C@@H](C)O)C(=O)O. The van der Waals surface area contributed by atoms with Crippen molar-refractivity contribution < 1.29 is 103 Å². The molecule has 0 spiro atoms. The molecular weight excluding hydrogens is 1190 g/mol. The van der Waals surface area contributed by atoms with Crippen LogP contribution in [0.25, 0.3) is 0 Å². The van der Waals surface area contributed by atoms with Crippen molar-refractivity contribution in [3.8, 4) is 0 Å². The van der Waals surface area contributed by atoms with Gasteiger partial charge in [-0.3, -0.25) is 62.3 Å². The number of rotatable bonds is 29. The molecule has 2 saturated heterocycles. The zero-order chi connectivity index (χ0) is 68.4. The van der Waals surface area contributed by atoms with Crippen LogP contribution in [-0.2, 0) is 67.1 Å². The quantitative estimate of drug-likeness (QED) is 0.0310. The fraction of sp³-hybridized carbons (Fsp3) is 0.750. The average molecular weight is 1290 g/mol. The highest BCUT2D eigenvalue weighted by molar-refractivity contribution is 6.00. The van der Waals surface area contributed by atoms with Gasteiger partial charge < -0.3 is 105 Å². The first kappa shape index (κ1) is 78.4. The number of carboxylic acid groups (broad SMARTS) is 2. The highest BCUT2D eigenvalue weighted by Crippen LogP contribution is 2.21. The zero-order valence-corrected chi connectivity index (χ0v) is 52.4. The Morgan fingerprint density at radius 3 is 1.56 bits per heavy atom. The molecule has 34 heteroatoms. The summed E-state index contributed by atoms with van der Waals surface area (Å²) in [5.41, 5.74) is 5.65. The third-order valence-electron chi connectivity index (χ3n) is 14.7. The monoisotopic (exact) mass is 1290 g/mol. The van der Waals surface area contributed by atoms with Gasteiger partial charge in [-0.05, 0) is 103 Å². The van der Waals surface area contributed by atoms with Gasteiger partial charge in [0.05, 0.1) is 31.5 Å². The molecule has 510 valence electrons. The van der Waals surface area contributed by atoms with Crippen molar-refractivity contribution in [1.82, 2.24) is 63.4 Å². The number of amides is 12. The van der Waals surface area contributed by atoms with Crippen molar-refractivity contribution in [3.05, 3.63) is 0 Å². The van der Waals surface area contributed by atoms with Gasteiger partial charge in [0.25, 0.3) is 0 Å². The Bertz CT molecular complexity index is 2520. The van der Waals surface area contributed by atoms with Crippen LogP contribution in [0.3, 0.4) is 0 Å². The van der Waals surface area contributed by atoms with Crippen molar-refractivity contribution in [1.29, 1.82) is 0 Å². The van der Waals surface area contributed by atoms with E-state index in [0.29, 0.717) is 6.42 Å². The van der Waals surface area contributed by atoms with Crippen LogP contribution in [0, 0.1) is 17.8 Å². The molecule has 1 unspecified atom stereocenters. The Morgan fingerprint density at radius 1 is 0.556 bits per heavy atom. The van der Waals surface area contributed by atoms with Crippen molar-refractivity contribution in [3.63, 3.8) is 0 Å². The minimum absolute atomic E-state index is 0.00194. The zero-order valence-electron chi connectivity index (χ0n) is 52.4. The number of hydrogen-bond acceptors (Lipinski definition) is 20. The van der Waals surface area contributed by atoms with E-state index in [9.17, 15) is 103 Å². The van der Waals surface area contributed by atoms with Crippen LogP contribution in [0.4, 0.5) is 0 Å². The fourth-order valence-corrected chi connectivity index (χ4v) is 9.72. The maximum absolute atomic E-state index is 14.5. The lowest BCUT2D eigenvalue weighted by Crippen LogP contribution is -2.63. The first-order valence-electron chi connectivity index (χ1n) is 30.1. The molecule has 2 fully saturated rings. The number of nitrogens with one attached hydrogen (secondary N) is 11. The molecule has 2 aliphatic rings. The summed E-state index contributed by atoms with van der Waals surface area (Å²) in [4.78, 5) is 191. The number of aliphatic hydroxyl groups is 5. The molecule has 0 saturated carbocycles. The van der Waals surface area contributed by atoms with E-state index in [0.717, 1.165) is 18.7 Å². The highest BCUT2D eigenvalue weighted by Gasteiger charge is 2.43. The summed E-state index contributed by atoms with van der Waals surface area (Å²) in [6.45, 7) is 11.1. The molecule has 15 atom stereocenters. The summed E-state index contributed by atoms with van der Waals surface area (Å²) < 4.78 is 0. The largest absolute Gasteiger partial charge is 0.481 e. The second-order valence-corrected chi connectivity index (χ2v) is 23.8. The maximum Gasteiger partial charge on any atom is 0.326 e. The van der Waals surface area contributed by atoms with E-state index in [2.05, 4.69) is 58.5 Å². The van der Waals surface area contributed by atoms with Gasteiger partial charge in [-0.1, -0.05) is 41.5 Å². The van der Waals surface area contributed by atoms with Gasteiger partial charge >= 0.3 is 11.9 Å². The molecule has 0 aromatic heterocycles. The number of aliphatic carboxylic acids is 2. The molecule has 34 nitrogen and oxygen atoms in total. The number of carboxylic acids is 2. The maximum atomic E-state index is 14.5. The van der Waals surface area contributed by atoms with Crippen molar-refractivity contribution in [2.45, 2.75) is 224 Å². The third kappa shape index (κ3) is 25.3. The van der Waals surface area contributed by atoms with Crippen molar-refractivity contribution in [2.75, 3.05) is 26.3 Å². The molecule has 0 radical (unpaired) electrons. The lowest BCUT2D eigenvalue weighted by atomic mass is 9.98. The predicted molar refractivity (Wildman–Crippen MR) is 316 cm³/mol. The predicted octanol–water partition coefficient (Wildman–Crippen LogP) is -6.94. The molecule has 2 heterocycles. The van der Waals surface area contributed by atoms with Gasteiger partial charge in [0, 0.05) is 19.4 Å². The standard InChI is InChI=1S/C56H95N13O21/c1-25(2)21-34(48(81)66-41(27(5)6)52(85)67-43(29(8)73)54(87)62-35(56(89)90)22-26(3)4)61-51(84)38-14-12-20-69(38)55(88)44(30(9)74)68-47(80)32-15-17-39(75)65-42(28(7)72)53(86)64-37(24-71)50(83)60-33(16-18-40(76)77)46(79)58-31(13-10-11-19-57)45(78)63-36(23-70)49(82)59-32/h25-38,41-44,70-74H,10-24,57H2,1-9H3,(H,58,79)(H,59,82)(H,60,83)(H,61,84)(H,62,87)(H,63,78)(H,64,86)(H,65,75)(H,66,81)(H,67,85)(H,68,80)(H,76,77)(H,89,90)/t28-,29-,30-,31+,32+,33+,34+,35?,36+,37+,38+,41+,42+,43+,44+/m1/s1. The fourth-order valence-electron chi connectivity index (χ4n) is 9.72. The van der Waals surface area contributed by atoms with Gasteiger partial charge in [0.15, 0.2) is 0 Å². The number of nitrogens with zero attached hydrogens (tertiary/aromatic N) is 1. The van der Waals surface area contributed by atoms with E-state index < -0.39 is 218 Å². The number of carbonyl (C=O) groups excluding carboxylic acids is 12. The summed E-state index contributed by atoms with van der Waals surface area (Å²) in [5, 5.41) is 97.7. The minimum atomic E-state index is -1.93. The molecule has 90 heavy (non-hydrogen) atoms. The summed E-state index contributed by atoms with van der Waals surface area (Å²) in [6.07, 6.45) is -7.31. The Hall–Kier alpha value is -7.66. The molecule has 2 aliphatic heterocycles. The van der Waals surface area contributed by atoms with E-state index in [1.807, 2.05) is 0 Å². The molecular formula is C56H95N13O21. The molecule has 0 aliphatic carbocycles. The van der Waals surface area contributed by atoms with E-state index >= 15 is 0 Å². The Labute approximate surface area is 521 Å². The van der Waals surface area contributed by atoms with Crippen molar-refractivity contribution >= 4 is 82.8 Å². The van der Waals surface area contributed by atoms with Crippen LogP contribution in [0.2, 0.25) is 0 Å². The number of hydrogen-bond donors (Lipinski definition) is 19. The normalized spacial score (nSPS) is 23.5. The lowest BCUT2D eigenvalue weighted by molar-refractivity contribution is -0.145. The molecule has 0 aromatic rings. The van der Waals surface area contributed by atoms with Crippen LogP contribution in [-0.4, -0.2) is 241 Å². The van der Waals surface area contributed by atoms with E-state index in [-0.39, 0.29) is 63.5 Å². The van der Waals surface area contributed by atoms with Gasteiger partial charge in [-0.2, -0.15) is 0 Å². The highest BCUT2D eigenvalue weighted by atomic mass is 16.4. The number of likely N-dealkylation sites (tertiary alicyclic amines) is 1. The first-order chi connectivity index (χ1) is 42.1. The third-order valence-corrected chi connectivity index (χ3v) is 14.7. The summed E-state index contributed by atoms with van der Waals surface area (Å²) in [6, 6.07) is -19.9. The second-order valence-electron chi connectivity index (χ2n) is 23.8. The van der Waals surface area contributed by atoms with E-state index in [1.54, 1.807) is 41.5 Å². The summed E-state index contributed by atoms with van der Waals surface area (Å²) in [7, 11) is 0. The Balaban J connectivity index is 2.56. The van der Waals surface area contributed by atoms with Crippen molar-refractivity contribution in [2.24, 2.45) is 23.5 Å². The Morgan fingerprint density at radius 2 is 1.06 bits per heavy atom. The number of nitrogens with two attached hydrogens (primary N) is 1. The molecule has 12 amide bonds. The van der Waals surface area contributed by atoms with Crippen LogP contribution in [0.1, 0.15) is 133 Å². The van der Waals surface area contributed by atoms with E-state index in [4.69, 9.17) is 5.73 Å². The topological polar surface area (TPSA) is 542 Å². The molecule has 2 rings (SSSR count). The number of unbranched alkanes of at least 4 members (excludes halogenated alkanes) is 1. The van der Waals surface area contributed by atoms with Crippen LogP contribution in [0.15, 0.2) is 0 Å².